The van der Waals surface area contributed by atoms with Gasteiger partial charge in [-0.3, -0.25) is 19.8 Å². The van der Waals surface area contributed by atoms with Gasteiger partial charge in [-0.25, -0.2) is 0 Å². The molecule has 1 saturated carbocycles. The Morgan fingerprint density at radius 2 is 1.95 bits per heavy atom. The van der Waals surface area contributed by atoms with E-state index in [1.165, 1.54) is 17.7 Å². The lowest BCUT2D eigenvalue weighted by Crippen LogP contribution is -2.46. The first-order valence-electron chi connectivity index (χ1n) is 8.25. The smallest absolute Gasteiger partial charge is 0.247 e. The molecule has 2 atom stereocenters. The van der Waals surface area contributed by atoms with E-state index in [-0.39, 0.29) is 30.3 Å². The highest BCUT2D eigenvalue weighted by Crippen LogP contribution is 2.26. The second-order valence-corrected chi connectivity index (χ2v) is 6.18. The summed E-state index contributed by atoms with van der Waals surface area (Å²) in [5, 5.41) is 3.18. The summed E-state index contributed by atoms with van der Waals surface area (Å²) in [5.41, 5.74) is 0. The molecule has 4 heteroatoms. The number of carbonyl (C=O) groups excluding carboxylic acids is 2. The van der Waals surface area contributed by atoms with Crippen LogP contribution in [0.4, 0.5) is 0 Å². The maximum absolute atomic E-state index is 12.6. The molecule has 0 aromatic carbocycles. The molecule has 1 aliphatic carbocycles. The number of hydrogen-bond donors (Lipinski definition) is 1. The van der Waals surface area contributed by atoms with Gasteiger partial charge in [-0.05, 0) is 19.3 Å². The van der Waals surface area contributed by atoms with Gasteiger partial charge in [0.1, 0.15) is 0 Å². The molecule has 2 amide bonds. The number of terminal acetylenes is 1. The molecule has 1 heterocycles. The van der Waals surface area contributed by atoms with Crippen molar-refractivity contribution in [2.75, 3.05) is 0 Å². The van der Waals surface area contributed by atoms with Gasteiger partial charge in [-0.2, -0.15) is 0 Å². The van der Waals surface area contributed by atoms with E-state index in [0.29, 0.717) is 0 Å². The summed E-state index contributed by atoms with van der Waals surface area (Å²) in [4.78, 5) is 26.3. The molecule has 1 aliphatic heterocycles. The fraction of sp³-hybridized carbons (Fsp3) is 0.765. The maximum atomic E-state index is 12.6. The number of imide groups is 1. The molecule has 4 nitrogen and oxygen atoms in total. The van der Waals surface area contributed by atoms with Crippen molar-refractivity contribution in [3.8, 4) is 12.3 Å². The normalized spacial score (nSPS) is 25.7. The molecular formula is C17H26N2O2. The van der Waals surface area contributed by atoms with E-state index in [1.54, 1.807) is 0 Å². The van der Waals surface area contributed by atoms with Crippen molar-refractivity contribution in [2.45, 2.75) is 82.8 Å². The fourth-order valence-electron chi connectivity index (χ4n) is 3.43. The van der Waals surface area contributed by atoms with Crippen LogP contribution in [-0.4, -0.2) is 34.8 Å². The summed E-state index contributed by atoms with van der Waals surface area (Å²) in [7, 11) is 0. The van der Waals surface area contributed by atoms with Crippen LogP contribution in [0.2, 0.25) is 0 Å². The fourth-order valence-corrected chi connectivity index (χ4v) is 3.43. The molecular weight excluding hydrogens is 264 g/mol. The molecule has 1 N–H and O–H groups in total. The third-order valence-electron chi connectivity index (χ3n) is 4.55. The highest BCUT2D eigenvalue weighted by Gasteiger charge is 2.42. The van der Waals surface area contributed by atoms with Gasteiger partial charge in [-0.1, -0.05) is 44.9 Å². The van der Waals surface area contributed by atoms with Crippen molar-refractivity contribution in [3.05, 3.63) is 0 Å². The van der Waals surface area contributed by atoms with Crippen molar-refractivity contribution in [3.63, 3.8) is 0 Å². The average molecular weight is 290 g/mol. The maximum Gasteiger partial charge on any atom is 0.247 e. The Morgan fingerprint density at radius 1 is 1.29 bits per heavy atom. The molecule has 0 aromatic heterocycles. The second kappa shape index (κ2) is 7.61. The molecule has 0 bridgehead atoms. The zero-order valence-electron chi connectivity index (χ0n) is 12.9. The minimum Gasteiger partial charge on any atom is -0.292 e. The second-order valence-electron chi connectivity index (χ2n) is 6.18. The molecule has 2 fully saturated rings. The van der Waals surface area contributed by atoms with Crippen LogP contribution in [-0.2, 0) is 9.59 Å². The molecule has 1 saturated heterocycles. The van der Waals surface area contributed by atoms with Gasteiger partial charge in [0.2, 0.25) is 11.8 Å². The lowest BCUT2D eigenvalue weighted by Gasteiger charge is -2.25. The van der Waals surface area contributed by atoms with E-state index in [4.69, 9.17) is 6.42 Å². The quantitative estimate of drug-likeness (QED) is 0.480. The standard InChI is InChI=1S/C17H26N2O2/c1-3-9-13(4-2)18-15-12-16(20)19(17(15)21)14-10-7-5-6-8-11-14/h2,13-15,18H,3,5-12H2,1H3. The van der Waals surface area contributed by atoms with Gasteiger partial charge in [0.25, 0.3) is 0 Å². The van der Waals surface area contributed by atoms with Crippen LogP contribution in [0.15, 0.2) is 0 Å². The highest BCUT2D eigenvalue weighted by molar-refractivity contribution is 6.05. The van der Waals surface area contributed by atoms with Gasteiger partial charge < -0.3 is 0 Å². The Kier molecular flexibility index (Phi) is 5.81. The van der Waals surface area contributed by atoms with Crippen LogP contribution in [0, 0.1) is 12.3 Å². The number of hydrogen-bond acceptors (Lipinski definition) is 3. The minimum absolute atomic E-state index is 0.0309. The molecule has 2 unspecified atom stereocenters. The van der Waals surface area contributed by atoms with Crippen LogP contribution in [0.25, 0.3) is 0 Å². The first-order valence-corrected chi connectivity index (χ1v) is 8.25. The summed E-state index contributed by atoms with van der Waals surface area (Å²) < 4.78 is 0. The molecule has 0 radical (unpaired) electrons. The van der Waals surface area contributed by atoms with E-state index in [0.717, 1.165) is 38.5 Å². The molecule has 0 aromatic rings. The van der Waals surface area contributed by atoms with Crippen molar-refractivity contribution < 1.29 is 9.59 Å². The SMILES string of the molecule is C#CC(CCC)NC1CC(=O)N(C2CCCCCC2)C1=O. The summed E-state index contributed by atoms with van der Waals surface area (Å²) in [6, 6.07) is -0.436. The van der Waals surface area contributed by atoms with Crippen LogP contribution in [0.1, 0.15) is 64.7 Å². The topological polar surface area (TPSA) is 49.4 Å². The largest absolute Gasteiger partial charge is 0.292 e. The van der Waals surface area contributed by atoms with Gasteiger partial charge >= 0.3 is 0 Å². The molecule has 2 aliphatic rings. The average Bonchev–Trinajstić information content (AvgIpc) is 2.67. The summed E-state index contributed by atoms with van der Waals surface area (Å²) >= 11 is 0. The Balaban J connectivity index is 2.00. The lowest BCUT2D eigenvalue weighted by atomic mass is 10.1. The zero-order valence-corrected chi connectivity index (χ0v) is 12.9. The zero-order chi connectivity index (χ0) is 15.2. The van der Waals surface area contributed by atoms with Gasteiger partial charge in [-0.15, -0.1) is 6.42 Å². The van der Waals surface area contributed by atoms with Gasteiger partial charge in [0, 0.05) is 6.04 Å². The number of carbonyl (C=O) groups is 2. The van der Waals surface area contributed by atoms with Crippen molar-refractivity contribution in [1.29, 1.82) is 0 Å². The van der Waals surface area contributed by atoms with E-state index < -0.39 is 6.04 Å². The number of nitrogens with one attached hydrogen (secondary N) is 1. The van der Waals surface area contributed by atoms with Crippen LogP contribution < -0.4 is 5.32 Å². The molecule has 0 spiro atoms. The van der Waals surface area contributed by atoms with E-state index in [2.05, 4.69) is 18.2 Å². The third-order valence-corrected chi connectivity index (χ3v) is 4.55. The number of rotatable bonds is 5. The monoisotopic (exact) mass is 290 g/mol. The number of amides is 2. The minimum atomic E-state index is -0.423. The summed E-state index contributed by atoms with van der Waals surface area (Å²) in [6.45, 7) is 2.06. The first-order chi connectivity index (χ1) is 10.2. The summed E-state index contributed by atoms with van der Waals surface area (Å²) in [6.07, 6.45) is 14.1. The Morgan fingerprint density at radius 3 is 2.52 bits per heavy atom. The number of nitrogens with zero attached hydrogens (tertiary/aromatic N) is 1. The number of likely N-dealkylation sites (tertiary alicyclic amines) is 1. The first kappa shape index (κ1) is 16.0. The van der Waals surface area contributed by atoms with Gasteiger partial charge in [0.05, 0.1) is 18.5 Å². The van der Waals surface area contributed by atoms with E-state index >= 15 is 0 Å². The Labute approximate surface area is 127 Å². The van der Waals surface area contributed by atoms with E-state index in [1.807, 2.05) is 0 Å². The van der Waals surface area contributed by atoms with Gasteiger partial charge in [0.15, 0.2) is 0 Å². The molecule has 116 valence electrons. The Hall–Kier alpha value is -1.34. The summed E-state index contributed by atoms with van der Waals surface area (Å²) in [5.74, 6) is 2.58. The van der Waals surface area contributed by atoms with Crippen LogP contribution in [0.3, 0.4) is 0 Å². The van der Waals surface area contributed by atoms with Crippen molar-refractivity contribution >= 4 is 11.8 Å². The lowest BCUT2D eigenvalue weighted by molar-refractivity contribution is -0.141. The molecule has 21 heavy (non-hydrogen) atoms. The highest BCUT2D eigenvalue weighted by atomic mass is 16.2. The predicted octanol–water partition coefficient (Wildman–Crippen LogP) is 2.23. The molecule has 2 rings (SSSR count). The third kappa shape index (κ3) is 3.85. The predicted molar refractivity (Wildman–Crippen MR) is 82.4 cm³/mol. The van der Waals surface area contributed by atoms with E-state index in [9.17, 15) is 9.59 Å². The van der Waals surface area contributed by atoms with Crippen molar-refractivity contribution in [1.82, 2.24) is 10.2 Å². The van der Waals surface area contributed by atoms with Crippen molar-refractivity contribution in [2.24, 2.45) is 0 Å². The van der Waals surface area contributed by atoms with Crippen LogP contribution >= 0.6 is 0 Å². The Bertz CT molecular complexity index is 419. The van der Waals surface area contributed by atoms with Crippen LogP contribution in [0.5, 0.6) is 0 Å².